The molecule has 0 radical (unpaired) electrons. The van der Waals surface area contributed by atoms with Gasteiger partial charge in [-0.25, -0.2) is 0 Å². The summed E-state index contributed by atoms with van der Waals surface area (Å²) in [6.45, 7) is 4.33. The van der Waals surface area contributed by atoms with Crippen LogP contribution in [0, 0.1) is 5.92 Å². The van der Waals surface area contributed by atoms with E-state index in [1.807, 2.05) is 6.07 Å². The molecule has 1 rings (SSSR count). The molecule has 2 nitrogen and oxygen atoms in total. The van der Waals surface area contributed by atoms with Crippen molar-refractivity contribution >= 4 is 37.6 Å². The second-order valence-electron chi connectivity index (χ2n) is 4.53. The van der Waals surface area contributed by atoms with Gasteiger partial charge in [-0.1, -0.05) is 39.5 Å². The van der Waals surface area contributed by atoms with E-state index in [0.717, 1.165) is 21.8 Å². The SMILES string of the molecule is CCCCC(CC)CC(=O)c1ncc(Br)cc1Br. The minimum atomic E-state index is 0.136. The molecule has 0 spiro atoms. The molecule has 4 heteroatoms. The van der Waals surface area contributed by atoms with E-state index >= 15 is 0 Å². The fraction of sp³-hybridized carbons (Fsp3) is 0.571. The summed E-state index contributed by atoms with van der Waals surface area (Å²) in [7, 11) is 0. The molecule has 0 aliphatic rings. The van der Waals surface area contributed by atoms with Gasteiger partial charge in [0.05, 0.1) is 0 Å². The number of ketones is 1. The highest BCUT2D eigenvalue weighted by Gasteiger charge is 2.17. The largest absolute Gasteiger partial charge is 0.292 e. The Labute approximate surface area is 126 Å². The van der Waals surface area contributed by atoms with E-state index in [4.69, 9.17) is 0 Å². The molecule has 1 aromatic rings. The highest BCUT2D eigenvalue weighted by molar-refractivity contribution is 9.11. The lowest BCUT2D eigenvalue weighted by atomic mass is 9.93. The van der Waals surface area contributed by atoms with E-state index < -0.39 is 0 Å². The molecule has 0 fully saturated rings. The Balaban J connectivity index is 2.68. The van der Waals surface area contributed by atoms with Gasteiger partial charge in [0.25, 0.3) is 0 Å². The van der Waals surface area contributed by atoms with Crippen LogP contribution in [0.3, 0.4) is 0 Å². The molecule has 0 saturated heterocycles. The van der Waals surface area contributed by atoms with Crippen molar-refractivity contribution in [3.63, 3.8) is 0 Å². The molecule has 1 atom stereocenters. The van der Waals surface area contributed by atoms with Gasteiger partial charge in [-0.05, 0) is 43.8 Å². The standard InChI is InChI=1S/C14H19Br2NO/c1-3-5-6-10(4-2)7-13(18)14-12(16)8-11(15)9-17-14/h8-10H,3-7H2,1-2H3. The van der Waals surface area contributed by atoms with E-state index in [0.29, 0.717) is 18.0 Å². The average molecular weight is 377 g/mol. The lowest BCUT2D eigenvalue weighted by Gasteiger charge is -2.13. The van der Waals surface area contributed by atoms with Gasteiger partial charge in [-0.3, -0.25) is 9.78 Å². The number of nitrogens with zero attached hydrogens (tertiary/aromatic N) is 1. The molecular formula is C14H19Br2NO. The molecule has 0 aromatic carbocycles. The number of unbranched alkanes of at least 4 members (excludes halogenated alkanes) is 1. The Bertz CT molecular complexity index is 407. The first-order chi connectivity index (χ1) is 8.58. The van der Waals surface area contributed by atoms with Crippen LogP contribution in [0.25, 0.3) is 0 Å². The number of hydrogen-bond donors (Lipinski definition) is 0. The maximum atomic E-state index is 12.2. The molecule has 0 amide bonds. The Morgan fingerprint density at radius 2 is 2.11 bits per heavy atom. The van der Waals surface area contributed by atoms with Crippen molar-refractivity contribution in [2.45, 2.75) is 46.0 Å². The van der Waals surface area contributed by atoms with Crippen LogP contribution < -0.4 is 0 Å². The summed E-state index contributed by atoms with van der Waals surface area (Å²) in [6, 6.07) is 1.87. The quantitative estimate of drug-likeness (QED) is 0.596. The molecule has 1 unspecified atom stereocenters. The highest BCUT2D eigenvalue weighted by atomic mass is 79.9. The predicted octanol–water partition coefficient (Wildman–Crippen LogP) is 5.40. The van der Waals surface area contributed by atoms with Crippen molar-refractivity contribution < 1.29 is 4.79 Å². The average Bonchev–Trinajstić information content (AvgIpc) is 2.34. The topological polar surface area (TPSA) is 30.0 Å². The Hall–Kier alpha value is -0.220. The number of Topliss-reactive ketones (excluding diaryl/α,β-unsaturated/α-hetero) is 1. The molecule has 1 heterocycles. The molecular weight excluding hydrogens is 358 g/mol. The van der Waals surface area contributed by atoms with Crippen LogP contribution in [0.4, 0.5) is 0 Å². The maximum absolute atomic E-state index is 12.2. The molecule has 0 saturated carbocycles. The van der Waals surface area contributed by atoms with Crippen molar-refractivity contribution in [3.8, 4) is 0 Å². The number of rotatable bonds is 7. The zero-order valence-corrected chi connectivity index (χ0v) is 14.1. The Morgan fingerprint density at radius 1 is 1.39 bits per heavy atom. The van der Waals surface area contributed by atoms with Crippen LogP contribution in [-0.2, 0) is 0 Å². The first-order valence-corrected chi connectivity index (χ1v) is 8.01. The number of carbonyl (C=O) groups excluding carboxylic acids is 1. The molecule has 0 aliphatic heterocycles. The van der Waals surface area contributed by atoms with Crippen molar-refractivity contribution in [2.24, 2.45) is 5.92 Å². The van der Waals surface area contributed by atoms with Crippen LogP contribution >= 0.6 is 31.9 Å². The van der Waals surface area contributed by atoms with E-state index in [1.165, 1.54) is 12.8 Å². The third kappa shape index (κ3) is 4.81. The lowest BCUT2D eigenvalue weighted by Crippen LogP contribution is -2.10. The van der Waals surface area contributed by atoms with Crippen LogP contribution in [0.5, 0.6) is 0 Å². The molecule has 100 valence electrons. The summed E-state index contributed by atoms with van der Waals surface area (Å²) < 4.78 is 1.65. The summed E-state index contributed by atoms with van der Waals surface area (Å²) in [4.78, 5) is 16.4. The van der Waals surface area contributed by atoms with E-state index in [9.17, 15) is 4.79 Å². The number of carbonyl (C=O) groups is 1. The zero-order chi connectivity index (χ0) is 13.5. The van der Waals surface area contributed by atoms with E-state index in [2.05, 4.69) is 50.7 Å². The highest BCUT2D eigenvalue weighted by Crippen LogP contribution is 2.24. The number of aromatic nitrogens is 1. The van der Waals surface area contributed by atoms with Gasteiger partial charge in [-0.15, -0.1) is 0 Å². The Morgan fingerprint density at radius 3 is 2.67 bits per heavy atom. The van der Waals surface area contributed by atoms with Gasteiger partial charge in [-0.2, -0.15) is 0 Å². The summed E-state index contributed by atoms with van der Waals surface area (Å²) in [5.41, 5.74) is 0.549. The summed E-state index contributed by atoms with van der Waals surface area (Å²) in [5.74, 6) is 0.618. The molecule has 1 aromatic heterocycles. The second kappa shape index (κ2) is 8.05. The third-order valence-electron chi connectivity index (χ3n) is 3.09. The van der Waals surface area contributed by atoms with Crippen molar-refractivity contribution in [1.82, 2.24) is 4.98 Å². The smallest absolute Gasteiger partial charge is 0.182 e. The lowest BCUT2D eigenvalue weighted by molar-refractivity contribution is 0.0951. The van der Waals surface area contributed by atoms with E-state index in [1.54, 1.807) is 6.20 Å². The molecule has 0 aliphatic carbocycles. The van der Waals surface area contributed by atoms with Gasteiger partial charge >= 0.3 is 0 Å². The zero-order valence-electron chi connectivity index (χ0n) is 10.9. The van der Waals surface area contributed by atoms with Crippen molar-refractivity contribution in [3.05, 3.63) is 26.9 Å². The van der Waals surface area contributed by atoms with Crippen LogP contribution in [0.15, 0.2) is 21.2 Å². The third-order valence-corrected chi connectivity index (χ3v) is 4.13. The maximum Gasteiger partial charge on any atom is 0.182 e. The van der Waals surface area contributed by atoms with E-state index in [-0.39, 0.29) is 5.78 Å². The van der Waals surface area contributed by atoms with Gasteiger partial charge in [0, 0.05) is 21.6 Å². The minimum Gasteiger partial charge on any atom is -0.292 e. The second-order valence-corrected chi connectivity index (χ2v) is 6.30. The van der Waals surface area contributed by atoms with Gasteiger partial charge in [0.1, 0.15) is 5.69 Å². The summed E-state index contributed by atoms with van der Waals surface area (Å²) in [5, 5.41) is 0. The fourth-order valence-electron chi connectivity index (χ4n) is 1.92. The molecule has 18 heavy (non-hydrogen) atoms. The van der Waals surface area contributed by atoms with Crippen molar-refractivity contribution in [2.75, 3.05) is 0 Å². The fourth-order valence-corrected chi connectivity index (χ4v) is 3.13. The van der Waals surface area contributed by atoms with Crippen LogP contribution in [0.1, 0.15) is 56.4 Å². The first-order valence-electron chi connectivity index (χ1n) is 6.42. The number of halogens is 2. The predicted molar refractivity (Wildman–Crippen MR) is 81.9 cm³/mol. The van der Waals surface area contributed by atoms with Gasteiger partial charge < -0.3 is 0 Å². The summed E-state index contributed by atoms with van der Waals surface area (Å²) >= 11 is 6.74. The number of pyridine rings is 1. The van der Waals surface area contributed by atoms with Gasteiger partial charge in [0.15, 0.2) is 5.78 Å². The monoisotopic (exact) mass is 375 g/mol. The summed E-state index contributed by atoms with van der Waals surface area (Å²) in [6.07, 6.45) is 6.84. The minimum absolute atomic E-state index is 0.136. The van der Waals surface area contributed by atoms with Crippen LogP contribution in [-0.4, -0.2) is 10.8 Å². The number of hydrogen-bond acceptors (Lipinski definition) is 2. The first kappa shape index (κ1) is 15.8. The normalized spacial score (nSPS) is 12.4. The Kier molecular flexibility index (Phi) is 7.08. The molecule has 0 N–H and O–H groups in total. The van der Waals surface area contributed by atoms with Gasteiger partial charge in [0.2, 0.25) is 0 Å². The molecule has 0 bridgehead atoms. The van der Waals surface area contributed by atoms with Crippen LogP contribution in [0.2, 0.25) is 0 Å². The van der Waals surface area contributed by atoms with Crippen molar-refractivity contribution in [1.29, 1.82) is 0 Å².